The summed E-state index contributed by atoms with van der Waals surface area (Å²) in [6.07, 6.45) is 4.34. The van der Waals surface area contributed by atoms with Gasteiger partial charge in [0.15, 0.2) is 15.5 Å². The first-order chi connectivity index (χ1) is 16.7. The van der Waals surface area contributed by atoms with E-state index in [9.17, 15) is 13.2 Å². The molecule has 0 amide bonds. The Morgan fingerprint density at radius 1 is 1.00 bits per heavy atom. The van der Waals surface area contributed by atoms with Crippen LogP contribution in [0.1, 0.15) is 42.4 Å². The van der Waals surface area contributed by atoms with Crippen LogP contribution < -0.4 is 0 Å². The first-order valence-corrected chi connectivity index (χ1v) is 13.7. The lowest BCUT2D eigenvalue weighted by Gasteiger charge is -2.08. The number of hydrogen-bond donors (Lipinski definition) is 0. The van der Waals surface area contributed by atoms with Gasteiger partial charge in [0.1, 0.15) is 11.5 Å². The smallest absolute Gasteiger partial charge is 0.185 e. The molecule has 4 rings (SSSR count). The zero-order valence-electron chi connectivity index (χ0n) is 20.1. The second-order valence-corrected chi connectivity index (χ2v) is 11.2. The molecule has 8 heteroatoms. The predicted octanol–water partition coefficient (Wildman–Crippen LogP) is 5.59. The molecule has 4 aromatic rings. The first kappa shape index (κ1) is 25.1. The molecule has 0 spiro atoms. The Hall–Kier alpha value is -3.03. The summed E-state index contributed by atoms with van der Waals surface area (Å²) in [5.41, 5.74) is 7.00. The highest BCUT2D eigenvalue weighted by Crippen LogP contribution is 2.27. The number of fused-ring (bicyclic) bond motifs is 1. The number of rotatable bonds is 9. The van der Waals surface area contributed by atoms with E-state index >= 15 is 0 Å². The molecule has 0 bridgehead atoms. The maximum Gasteiger partial charge on any atom is 0.185 e. The van der Waals surface area contributed by atoms with Crippen molar-refractivity contribution in [1.29, 1.82) is 0 Å². The van der Waals surface area contributed by atoms with Crippen molar-refractivity contribution >= 4 is 32.9 Å². The topological polar surface area (TPSA) is 81.4 Å². The van der Waals surface area contributed by atoms with E-state index in [-0.39, 0.29) is 17.1 Å². The Morgan fingerprint density at radius 3 is 2.34 bits per heavy atom. The molecule has 6 nitrogen and oxygen atoms in total. The Kier molecular flexibility index (Phi) is 7.38. The molecule has 0 aliphatic heterocycles. The van der Waals surface area contributed by atoms with Crippen LogP contribution in [-0.4, -0.2) is 34.3 Å². The summed E-state index contributed by atoms with van der Waals surface area (Å²) in [4.78, 5) is 21.8. The van der Waals surface area contributed by atoms with Gasteiger partial charge in [-0.3, -0.25) is 14.2 Å². The van der Waals surface area contributed by atoms with Gasteiger partial charge in [0.25, 0.3) is 0 Å². The van der Waals surface area contributed by atoms with Gasteiger partial charge in [-0.1, -0.05) is 42.8 Å². The van der Waals surface area contributed by atoms with E-state index < -0.39 is 15.6 Å². The molecule has 0 fully saturated rings. The summed E-state index contributed by atoms with van der Waals surface area (Å²) < 4.78 is 27.0. The van der Waals surface area contributed by atoms with E-state index in [4.69, 9.17) is 16.6 Å². The third kappa shape index (κ3) is 5.63. The quantitative estimate of drug-likeness (QED) is 0.293. The average Bonchev–Trinajstić information content (AvgIpc) is 3.18. The van der Waals surface area contributed by atoms with Crippen molar-refractivity contribution in [3.63, 3.8) is 0 Å². The van der Waals surface area contributed by atoms with Gasteiger partial charge in [0.2, 0.25) is 0 Å². The van der Waals surface area contributed by atoms with Gasteiger partial charge >= 0.3 is 0 Å². The fraction of sp³-hybridized carbons (Fsp3) is 0.296. The number of nitrogens with zero attached hydrogens (tertiary/aromatic N) is 3. The van der Waals surface area contributed by atoms with Crippen LogP contribution in [0.3, 0.4) is 0 Å². The maximum absolute atomic E-state index is 12.4. The van der Waals surface area contributed by atoms with Crippen LogP contribution in [-0.2, 0) is 27.5 Å². The van der Waals surface area contributed by atoms with Crippen LogP contribution in [0.15, 0.2) is 59.6 Å². The summed E-state index contributed by atoms with van der Waals surface area (Å²) in [6.45, 7) is 6.05. The number of carbonyl (C=O) groups excluding carboxylic acids is 1. The van der Waals surface area contributed by atoms with Crippen molar-refractivity contribution in [3.05, 3.63) is 82.4 Å². The Bertz CT molecular complexity index is 1480. The lowest BCUT2D eigenvalue weighted by atomic mass is 10.0. The van der Waals surface area contributed by atoms with Crippen molar-refractivity contribution in [2.45, 2.75) is 51.3 Å². The molecule has 0 aliphatic carbocycles. The number of sulfone groups is 1. The molecular formula is C27H28ClN3O3S. The van der Waals surface area contributed by atoms with E-state index in [1.54, 1.807) is 0 Å². The number of ketones is 1. The molecule has 0 saturated carbocycles. The lowest BCUT2D eigenvalue weighted by molar-refractivity contribution is -0.116. The van der Waals surface area contributed by atoms with Crippen molar-refractivity contribution in [3.8, 4) is 11.3 Å². The third-order valence-corrected chi connectivity index (χ3v) is 7.92. The Labute approximate surface area is 210 Å². The highest BCUT2D eigenvalue weighted by Gasteiger charge is 2.19. The van der Waals surface area contributed by atoms with Crippen LogP contribution in [0.4, 0.5) is 0 Å². The Balaban J connectivity index is 1.41. The minimum atomic E-state index is -3.65. The molecule has 182 valence electrons. The molecule has 0 atom stereocenters. The van der Waals surface area contributed by atoms with Gasteiger partial charge in [-0.25, -0.2) is 13.4 Å². The number of Topliss-reactive ketones (excluding diaryl/α,β-unsaturated/α-hetero) is 1. The summed E-state index contributed by atoms with van der Waals surface area (Å²) in [5, 5.41) is 0.455. The lowest BCUT2D eigenvalue weighted by Crippen LogP contribution is -2.16. The largest absolute Gasteiger partial charge is 0.299 e. The zero-order valence-corrected chi connectivity index (χ0v) is 21.7. The molecule has 0 radical (unpaired) electrons. The molecule has 2 aromatic carbocycles. The van der Waals surface area contributed by atoms with Crippen LogP contribution >= 0.6 is 11.6 Å². The van der Waals surface area contributed by atoms with Gasteiger partial charge in [0, 0.05) is 23.2 Å². The minimum Gasteiger partial charge on any atom is -0.299 e. The van der Waals surface area contributed by atoms with Crippen LogP contribution in [0.25, 0.3) is 16.9 Å². The highest BCUT2D eigenvalue weighted by molar-refractivity contribution is 7.92. The molecular weight excluding hydrogens is 482 g/mol. The fourth-order valence-corrected chi connectivity index (χ4v) is 5.68. The van der Waals surface area contributed by atoms with E-state index in [2.05, 4.69) is 40.6 Å². The number of halogens is 1. The van der Waals surface area contributed by atoms with Gasteiger partial charge in [-0.2, -0.15) is 0 Å². The van der Waals surface area contributed by atoms with Crippen molar-refractivity contribution in [2.75, 3.05) is 5.75 Å². The maximum atomic E-state index is 12.4. The molecule has 0 N–H and O–H groups in total. The molecule has 35 heavy (non-hydrogen) atoms. The summed E-state index contributed by atoms with van der Waals surface area (Å²) in [6, 6.07) is 14.2. The highest BCUT2D eigenvalue weighted by atomic mass is 35.5. The van der Waals surface area contributed by atoms with Gasteiger partial charge in [-0.05, 0) is 62.9 Å². The second kappa shape index (κ2) is 10.3. The monoisotopic (exact) mass is 509 g/mol. The SMILES string of the molecule is CCc1nc2c(C)nc(C)cn2c1-c1ccc(CCCC(=O)CS(=O)(=O)c2ccc(Cl)cc2)cc1. The minimum absolute atomic E-state index is 0.117. The molecule has 0 aliphatic rings. The standard InChI is InChI=1S/C27H28ClN3O3S/c1-4-25-26(31-16-18(2)29-19(3)27(31)30-25)21-10-8-20(9-11-21)6-5-7-23(32)17-35(33,34)24-14-12-22(28)13-15-24/h8-16H,4-7,17H2,1-3H3. The zero-order chi connectivity index (χ0) is 25.2. The predicted molar refractivity (Wildman–Crippen MR) is 139 cm³/mol. The normalized spacial score (nSPS) is 11.8. The number of imidazole rings is 1. The number of aromatic nitrogens is 3. The summed E-state index contributed by atoms with van der Waals surface area (Å²) in [5.74, 6) is -0.774. The van der Waals surface area contributed by atoms with E-state index in [0.717, 1.165) is 46.0 Å². The number of aryl methyl sites for hydroxylation is 4. The number of hydrogen-bond acceptors (Lipinski definition) is 5. The number of benzene rings is 2. The average molecular weight is 510 g/mol. The van der Waals surface area contributed by atoms with E-state index in [1.165, 1.54) is 24.3 Å². The van der Waals surface area contributed by atoms with Crippen LogP contribution in [0.5, 0.6) is 0 Å². The van der Waals surface area contributed by atoms with Crippen molar-refractivity contribution in [2.24, 2.45) is 0 Å². The molecule has 0 saturated heterocycles. The van der Waals surface area contributed by atoms with Gasteiger partial charge < -0.3 is 0 Å². The van der Waals surface area contributed by atoms with Gasteiger partial charge in [0.05, 0.1) is 27.7 Å². The molecule has 0 unspecified atom stereocenters. The first-order valence-electron chi connectivity index (χ1n) is 11.6. The van der Waals surface area contributed by atoms with E-state index in [0.29, 0.717) is 17.9 Å². The third-order valence-electron chi connectivity index (χ3n) is 5.97. The van der Waals surface area contributed by atoms with Crippen molar-refractivity contribution in [1.82, 2.24) is 14.4 Å². The van der Waals surface area contributed by atoms with Crippen molar-refractivity contribution < 1.29 is 13.2 Å². The summed E-state index contributed by atoms with van der Waals surface area (Å²) in [7, 11) is -3.65. The van der Waals surface area contributed by atoms with Crippen LogP contribution in [0.2, 0.25) is 5.02 Å². The second-order valence-electron chi connectivity index (χ2n) is 8.72. The fourth-order valence-electron chi connectivity index (χ4n) is 4.27. The van der Waals surface area contributed by atoms with Gasteiger partial charge in [-0.15, -0.1) is 0 Å². The summed E-state index contributed by atoms with van der Waals surface area (Å²) >= 11 is 5.82. The van der Waals surface area contributed by atoms with Crippen LogP contribution in [0, 0.1) is 13.8 Å². The molecule has 2 aromatic heterocycles. The number of carbonyl (C=O) groups is 1. The Morgan fingerprint density at radius 2 is 1.69 bits per heavy atom. The van der Waals surface area contributed by atoms with E-state index in [1.807, 2.05) is 20.0 Å². The molecule has 2 heterocycles.